The van der Waals surface area contributed by atoms with E-state index in [4.69, 9.17) is 10.1 Å². The van der Waals surface area contributed by atoms with Crippen LogP contribution >= 0.6 is 34.4 Å². The van der Waals surface area contributed by atoms with Gasteiger partial charge in [0.25, 0.3) is 0 Å². The van der Waals surface area contributed by atoms with Crippen molar-refractivity contribution in [3.05, 3.63) is 53.7 Å². The minimum absolute atomic E-state index is 0.544. The highest BCUT2D eigenvalue weighted by atomic mass is 32.2. The van der Waals surface area contributed by atoms with Crippen LogP contribution in [-0.4, -0.2) is 30.0 Å². The van der Waals surface area contributed by atoms with Crippen molar-refractivity contribution in [1.82, 2.24) is 24.8 Å². The van der Waals surface area contributed by atoms with Crippen molar-refractivity contribution in [2.24, 2.45) is 0 Å². The fraction of sp³-hybridized carbons (Fsp3) is 0.200. The van der Waals surface area contributed by atoms with E-state index in [9.17, 15) is 0 Å². The van der Waals surface area contributed by atoms with Crippen LogP contribution in [0.25, 0.3) is 37.0 Å². The lowest BCUT2D eigenvalue weighted by atomic mass is 10.1. The Labute approximate surface area is 174 Å². The van der Waals surface area contributed by atoms with Crippen molar-refractivity contribution in [2.45, 2.75) is 24.9 Å². The van der Waals surface area contributed by atoms with Crippen LogP contribution in [0.1, 0.15) is 19.7 Å². The maximum absolute atomic E-state index is 4.87. The maximum Gasteiger partial charge on any atom is 0.235 e. The molecule has 140 valence electrons. The van der Waals surface area contributed by atoms with Gasteiger partial charge in [0.05, 0.1) is 21.8 Å². The van der Waals surface area contributed by atoms with Gasteiger partial charge < -0.3 is 0 Å². The first-order valence-corrected chi connectivity index (χ1v) is 11.7. The van der Waals surface area contributed by atoms with E-state index in [0.717, 1.165) is 48.6 Å². The average molecular weight is 424 g/mol. The SMILES string of the molecule is CC(C)SCc1nnc2sc(-c3cc(-c4cccs4)nc4ccccc34)nn12. The van der Waals surface area contributed by atoms with Crippen LogP contribution in [0, 0.1) is 0 Å². The summed E-state index contributed by atoms with van der Waals surface area (Å²) in [6.07, 6.45) is 0. The standard InChI is InChI=1S/C20H17N5S3/c1-12(2)27-11-18-22-23-20-25(18)24-19(28-20)14-10-16(17-8-5-9-26-17)21-15-7-4-3-6-13(14)15/h3-10,12H,11H2,1-2H3. The van der Waals surface area contributed by atoms with E-state index in [1.165, 1.54) is 0 Å². The molecule has 1 aromatic carbocycles. The highest BCUT2D eigenvalue weighted by Gasteiger charge is 2.17. The van der Waals surface area contributed by atoms with E-state index in [-0.39, 0.29) is 0 Å². The van der Waals surface area contributed by atoms with E-state index in [0.29, 0.717) is 5.25 Å². The maximum atomic E-state index is 4.87. The minimum Gasteiger partial charge on any atom is -0.247 e. The Bertz CT molecular complexity index is 1250. The molecule has 0 aliphatic rings. The number of thiophene rings is 1. The van der Waals surface area contributed by atoms with E-state index >= 15 is 0 Å². The Hall–Kier alpha value is -2.29. The zero-order valence-electron chi connectivity index (χ0n) is 15.4. The van der Waals surface area contributed by atoms with Crippen molar-refractivity contribution in [1.29, 1.82) is 0 Å². The van der Waals surface area contributed by atoms with Crippen molar-refractivity contribution >= 4 is 50.3 Å². The Morgan fingerprint density at radius 1 is 1.11 bits per heavy atom. The van der Waals surface area contributed by atoms with E-state index < -0.39 is 0 Å². The number of para-hydroxylation sites is 1. The molecule has 0 unspecified atom stereocenters. The summed E-state index contributed by atoms with van der Waals surface area (Å²) >= 11 is 5.11. The van der Waals surface area contributed by atoms with E-state index in [1.807, 2.05) is 28.4 Å². The molecule has 5 nitrogen and oxygen atoms in total. The van der Waals surface area contributed by atoms with Gasteiger partial charge in [-0.05, 0) is 28.8 Å². The minimum atomic E-state index is 0.544. The van der Waals surface area contributed by atoms with Crippen molar-refractivity contribution in [3.63, 3.8) is 0 Å². The molecule has 5 aromatic rings. The Balaban J connectivity index is 1.66. The normalized spacial score (nSPS) is 11.8. The number of fused-ring (bicyclic) bond motifs is 2. The number of rotatable bonds is 5. The zero-order chi connectivity index (χ0) is 19.1. The summed E-state index contributed by atoms with van der Waals surface area (Å²) in [6.45, 7) is 4.37. The number of nitrogens with zero attached hydrogens (tertiary/aromatic N) is 5. The molecule has 0 amide bonds. The summed E-state index contributed by atoms with van der Waals surface area (Å²) in [7, 11) is 0. The monoisotopic (exact) mass is 423 g/mol. The molecule has 4 heterocycles. The molecule has 28 heavy (non-hydrogen) atoms. The first-order chi connectivity index (χ1) is 13.7. The van der Waals surface area contributed by atoms with Gasteiger partial charge in [0.1, 0.15) is 5.01 Å². The van der Waals surface area contributed by atoms with Gasteiger partial charge in [-0.3, -0.25) is 0 Å². The summed E-state index contributed by atoms with van der Waals surface area (Å²) < 4.78 is 1.88. The van der Waals surface area contributed by atoms with Crippen LogP contribution in [0.5, 0.6) is 0 Å². The molecular formula is C20H17N5S3. The smallest absolute Gasteiger partial charge is 0.235 e. The van der Waals surface area contributed by atoms with Crippen molar-refractivity contribution in [2.75, 3.05) is 0 Å². The molecule has 0 aliphatic carbocycles. The number of hydrogen-bond donors (Lipinski definition) is 0. The zero-order valence-corrected chi connectivity index (χ0v) is 17.8. The molecule has 5 rings (SSSR count). The summed E-state index contributed by atoms with van der Waals surface area (Å²) in [4.78, 5) is 6.84. The van der Waals surface area contributed by atoms with Gasteiger partial charge in [-0.2, -0.15) is 21.4 Å². The third-order valence-corrected chi connectivity index (χ3v) is 7.24. The molecule has 0 radical (unpaired) electrons. The molecule has 4 aromatic heterocycles. The molecule has 0 N–H and O–H groups in total. The van der Waals surface area contributed by atoms with Gasteiger partial charge in [-0.1, -0.05) is 49.4 Å². The van der Waals surface area contributed by atoms with Crippen LogP contribution in [0.4, 0.5) is 0 Å². The second-order valence-corrected chi connectivity index (χ2v) is 10.1. The third kappa shape index (κ3) is 3.21. The number of thioether (sulfide) groups is 1. The second-order valence-electron chi connectivity index (χ2n) is 6.63. The number of benzene rings is 1. The van der Waals surface area contributed by atoms with Crippen LogP contribution in [0.3, 0.4) is 0 Å². The van der Waals surface area contributed by atoms with Crippen LogP contribution in [0.15, 0.2) is 47.8 Å². The van der Waals surface area contributed by atoms with Gasteiger partial charge in [-0.25, -0.2) is 4.98 Å². The van der Waals surface area contributed by atoms with E-state index in [2.05, 4.69) is 59.8 Å². The number of aromatic nitrogens is 5. The lowest BCUT2D eigenvalue weighted by molar-refractivity contribution is 0.885. The van der Waals surface area contributed by atoms with Crippen molar-refractivity contribution < 1.29 is 0 Å². The first kappa shape index (κ1) is 17.8. The summed E-state index contributed by atoms with van der Waals surface area (Å²) in [5.74, 6) is 1.70. The van der Waals surface area contributed by atoms with Crippen LogP contribution < -0.4 is 0 Å². The number of pyridine rings is 1. The highest BCUT2D eigenvalue weighted by Crippen LogP contribution is 2.35. The highest BCUT2D eigenvalue weighted by molar-refractivity contribution is 7.99. The lowest BCUT2D eigenvalue weighted by Crippen LogP contribution is -1.97. The fourth-order valence-corrected chi connectivity index (χ4v) is 5.24. The second kappa shape index (κ2) is 7.27. The molecule has 0 saturated carbocycles. The molecule has 0 spiro atoms. The first-order valence-electron chi connectivity index (χ1n) is 8.96. The van der Waals surface area contributed by atoms with Crippen LogP contribution in [-0.2, 0) is 5.75 Å². The molecule has 0 bridgehead atoms. The molecular weight excluding hydrogens is 406 g/mol. The van der Waals surface area contributed by atoms with Crippen LogP contribution in [0.2, 0.25) is 0 Å². The summed E-state index contributed by atoms with van der Waals surface area (Å²) in [5, 5.41) is 18.2. The lowest BCUT2D eigenvalue weighted by Gasteiger charge is -2.06. The largest absolute Gasteiger partial charge is 0.247 e. The number of hydrogen-bond acceptors (Lipinski definition) is 7. The average Bonchev–Trinajstić information content (AvgIpc) is 3.43. The topological polar surface area (TPSA) is 56.0 Å². The molecule has 0 aliphatic heterocycles. The van der Waals surface area contributed by atoms with Gasteiger partial charge in [0, 0.05) is 10.9 Å². The Morgan fingerprint density at radius 3 is 2.82 bits per heavy atom. The van der Waals surface area contributed by atoms with Gasteiger partial charge in [0.15, 0.2) is 5.82 Å². The fourth-order valence-electron chi connectivity index (χ4n) is 3.00. The molecule has 0 saturated heterocycles. The van der Waals surface area contributed by atoms with Gasteiger partial charge in [0.2, 0.25) is 4.96 Å². The quantitative estimate of drug-likeness (QED) is 0.359. The van der Waals surface area contributed by atoms with E-state index in [1.54, 1.807) is 22.7 Å². The summed E-state index contributed by atoms with van der Waals surface area (Å²) in [6, 6.07) is 14.5. The molecule has 8 heteroatoms. The van der Waals surface area contributed by atoms with Crippen molar-refractivity contribution in [3.8, 4) is 21.1 Å². The molecule has 0 fully saturated rings. The predicted molar refractivity (Wildman–Crippen MR) is 119 cm³/mol. The van der Waals surface area contributed by atoms with Gasteiger partial charge in [-0.15, -0.1) is 21.5 Å². The Kier molecular flexibility index (Phi) is 4.62. The van der Waals surface area contributed by atoms with Gasteiger partial charge >= 0.3 is 0 Å². The summed E-state index contributed by atoms with van der Waals surface area (Å²) in [5.41, 5.74) is 3.04. The molecule has 0 atom stereocenters. The predicted octanol–water partition coefficient (Wildman–Crippen LogP) is 5.77. The Morgan fingerprint density at radius 2 is 2.00 bits per heavy atom. The third-order valence-electron chi connectivity index (χ3n) is 4.32.